The van der Waals surface area contributed by atoms with E-state index >= 15 is 0 Å². The molecule has 4 aliphatic rings. The van der Waals surface area contributed by atoms with Gasteiger partial charge in [-0.3, -0.25) is 14.4 Å². The van der Waals surface area contributed by atoms with Gasteiger partial charge in [-0.2, -0.15) is 0 Å². The van der Waals surface area contributed by atoms with Gasteiger partial charge in [-0.05, 0) is 50.9 Å². The normalized spacial score (nSPS) is 36.2. The summed E-state index contributed by atoms with van der Waals surface area (Å²) in [4.78, 5) is 62.2. The number of rotatable bonds is 9. The first kappa shape index (κ1) is 31.7. The first-order valence-electron chi connectivity index (χ1n) is 14.5. The highest BCUT2D eigenvalue weighted by atomic mass is 16.6. The zero-order valence-corrected chi connectivity index (χ0v) is 25.5. The number of epoxide rings is 1. The molecular formula is C31H42O11. The molecule has 232 valence electrons. The standard InChI is InChI=1S/C31H42O11/c1-8-17(2)28(36)42-23-9-10-30(15-39-30)31(16-38-19(4)32)25(41-21(6)34)11-18(3)29(7,27(23)31)13-24(40-20(5)33)22-12-26(35)37-14-22/h8,12,18,23-25,27H,9-11,13-16H2,1-7H3/b17-8+/t18-,23+,24+,25-,27+,29-,30-,31+/m0/s1. The van der Waals surface area contributed by atoms with Crippen LogP contribution >= 0.6 is 0 Å². The molecule has 0 unspecified atom stereocenters. The van der Waals surface area contributed by atoms with Crippen molar-refractivity contribution in [2.75, 3.05) is 19.8 Å². The summed E-state index contributed by atoms with van der Waals surface area (Å²) in [7, 11) is 0. The number of cyclic esters (lactones) is 1. The number of fused-ring (bicyclic) bond motifs is 2. The Morgan fingerprint density at radius 2 is 1.79 bits per heavy atom. The molecule has 2 heterocycles. The molecule has 0 bridgehead atoms. The van der Waals surface area contributed by atoms with Gasteiger partial charge in [0.1, 0.15) is 37.1 Å². The van der Waals surface area contributed by atoms with E-state index in [2.05, 4.69) is 0 Å². The second-order valence-electron chi connectivity index (χ2n) is 12.4. The lowest BCUT2D eigenvalue weighted by Gasteiger charge is -2.64. The van der Waals surface area contributed by atoms with Gasteiger partial charge in [0.05, 0.1) is 12.0 Å². The molecule has 0 N–H and O–H groups in total. The number of ether oxygens (including phenoxy) is 6. The summed E-state index contributed by atoms with van der Waals surface area (Å²) in [6.45, 7) is 11.7. The lowest BCUT2D eigenvalue weighted by Crippen LogP contribution is -2.71. The highest BCUT2D eigenvalue weighted by molar-refractivity contribution is 5.87. The van der Waals surface area contributed by atoms with Crippen molar-refractivity contribution in [1.29, 1.82) is 0 Å². The Morgan fingerprint density at radius 3 is 2.31 bits per heavy atom. The van der Waals surface area contributed by atoms with E-state index in [1.807, 2.05) is 13.8 Å². The van der Waals surface area contributed by atoms with Crippen LogP contribution < -0.4 is 0 Å². The minimum absolute atomic E-state index is 0.00742. The van der Waals surface area contributed by atoms with E-state index in [1.165, 1.54) is 26.8 Å². The molecule has 2 aliphatic carbocycles. The number of esters is 5. The van der Waals surface area contributed by atoms with Crippen molar-refractivity contribution in [2.24, 2.45) is 22.7 Å². The van der Waals surface area contributed by atoms with Crippen molar-refractivity contribution in [2.45, 2.75) is 98.1 Å². The lowest BCUT2D eigenvalue weighted by molar-refractivity contribution is -0.258. The maximum Gasteiger partial charge on any atom is 0.333 e. The SMILES string of the molecule is C/C=C(\C)C(=O)O[C@@H]1CC[C@]2(CO2)[C@]2(COC(C)=O)[C@@H](OC(C)=O)C[C@H](C)[C@](C)(C[C@@H](OC(C)=O)C3=CC(=O)OC3)[C@@H]12. The molecule has 2 aliphatic heterocycles. The molecule has 1 spiro atoms. The molecule has 1 saturated heterocycles. The summed E-state index contributed by atoms with van der Waals surface area (Å²) < 4.78 is 35.1. The van der Waals surface area contributed by atoms with Crippen LogP contribution in [-0.4, -0.2) is 73.6 Å². The topological polar surface area (TPSA) is 144 Å². The molecule has 4 rings (SSSR count). The van der Waals surface area contributed by atoms with E-state index in [-0.39, 0.29) is 25.6 Å². The van der Waals surface area contributed by atoms with Crippen molar-refractivity contribution in [3.8, 4) is 0 Å². The van der Waals surface area contributed by atoms with Gasteiger partial charge in [-0.1, -0.05) is 19.9 Å². The van der Waals surface area contributed by atoms with Crippen LogP contribution in [0.3, 0.4) is 0 Å². The molecule has 0 amide bonds. The molecule has 3 fully saturated rings. The fourth-order valence-corrected chi connectivity index (χ4v) is 7.62. The fourth-order valence-electron chi connectivity index (χ4n) is 7.62. The van der Waals surface area contributed by atoms with E-state index in [0.717, 1.165) is 0 Å². The zero-order chi connectivity index (χ0) is 31.0. The van der Waals surface area contributed by atoms with Crippen LogP contribution in [0, 0.1) is 22.7 Å². The molecule has 0 radical (unpaired) electrons. The summed E-state index contributed by atoms with van der Waals surface area (Å²) in [5.41, 5.74) is -1.64. The Kier molecular flexibility index (Phi) is 8.92. The summed E-state index contributed by atoms with van der Waals surface area (Å²) >= 11 is 0. The third-order valence-electron chi connectivity index (χ3n) is 9.95. The largest absolute Gasteiger partial charge is 0.465 e. The molecule has 0 aromatic rings. The summed E-state index contributed by atoms with van der Waals surface area (Å²) in [5.74, 6) is -3.22. The number of carbonyl (C=O) groups is 5. The van der Waals surface area contributed by atoms with Crippen LogP contribution in [0.5, 0.6) is 0 Å². The molecule has 11 heteroatoms. The molecule has 0 aromatic heterocycles. The second kappa shape index (κ2) is 11.8. The molecule has 8 atom stereocenters. The van der Waals surface area contributed by atoms with Gasteiger partial charge >= 0.3 is 29.8 Å². The van der Waals surface area contributed by atoms with Crippen LogP contribution in [0.4, 0.5) is 0 Å². The van der Waals surface area contributed by atoms with E-state index in [1.54, 1.807) is 19.9 Å². The van der Waals surface area contributed by atoms with Gasteiger partial charge in [-0.25, -0.2) is 9.59 Å². The molecule has 11 nitrogen and oxygen atoms in total. The first-order chi connectivity index (χ1) is 19.7. The Bertz CT molecular complexity index is 1200. The maximum absolute atomic E-state index is 13.2. The van der Waals surface area contributed by atoms with Crippen molar-refractivity contribution in [3.63, 3.8) is 0 Å². The number of allylic oxidation sites excluding steroid dienone is 1. The highest BCUT2D eigenvalue weighted by Crippen LogP contribution is 2.69. The van der Waals surface area contributed by atoms with Gasteiger partial charge in [0.25, 0.3) is 0 Å². The van der Waals surface area contributed by atoms with E-state index in [0.29, 0.717) is 37.0 Å². The van der Waals surface area contributed by atoms with Crippen LogP contribution in [0.25, 0.3) is 0 Å². The Labute approximate surface area is 246 Å². The molecule has 2 saturated carbocycles. The first-order valence-corrected chi connectivity index (χ1v) is 14.5. The van der Waals surface area contributed by atoms with Gasteiger partial charge < -0.3 is 28.4 Å². The Morgan fingerprint density at radius 1 is 1.10 bits per heavy atom. The average Bonchev–Trinajstić information content (AvgIpc) is 3.56. The third-order valence-corrected chi connectivity index (χ3v) is 9.95. The fraction of sp³-hybridized carbons (Fsp3) is 0.710. The smallest absolute Gasteiger partial charge is 0.333 e. The van der Waals surface area contributed by atoms with Gasteiger partial charge in [0.2, 0.25) is 0 Å². The van der Waals surface area contributed by atoms with Gasteiger partial charge in [0.15, 0.2) is 0 Å². The number of hydrogen-bond donors (Lipinski definition) is 0. The van der Waals surface area contributed by atoms with Gasteiger partial charge in [-0.15, -0.1) is 0 Å². The zero-order valence-electron chi connectivity index (χ0n) is 25.5. The highest BCUT2D eigenvalue weighted by Gasteiger charge is 2.77. The van der Waals surface area contributed by atoms with Gasteiger partial charge in [0, 0.05) is 43.9 Å². The predicted molar refractivity (Wildman–Crippen MR) is 146 cm³/mol. The molecule has 0 aromatic carbocycles. The summed E-state index contributed by atoms with van der Waals surface area (Å²) in [6.07, 6.45) is 2.45. The van der Waals surface area contributed by atoms with Crippen LogP contribution in [-0.2, 0) is 52.4 Å². The minimum Gasteiger partial charge on any atom is -0.465 e. The summed E-state index contributed by atoms with van der Waals surface area (Å²) in [6, 6.07) is 0. The number of hydrogen-bond acceptors (Lipinski definition) is 11. The monoisotopic (exact) mass is 590 g/mol. The molecule has 42 heavy (non-hydrogen) atoms. The quantitative estimate of drug-likeness (QED) is 0.169. The van der Waals surface area contributed by atoms with Crippen molar-refractivity contribution >= 4 is 29.8 Å². The minimum atomic E-state index is -1.07. The van der Waals surface area contributed by atoms with Crippen molar-refractivity contribution in [1.82, 2.24) is 0 Å². The lowest BCUT2D eigenvalue weighted by atomic mass is 9.42. The van der Waals surface area contributed by atoms with E-state index < -0.39 is 70.5 Å². The Hall–Kier alpha value is -3.21. The average molecular weight is 591 g/mol. The van der Waals surface area contributed by atoms with Crippen molar-refractivity contribution < 1.29 is 52.4 Å². The predicted octanol–water partition coefficient (Wildman–Crippen LogP) is 3.38. The Balaban J connectivity index is 1.90. The van der Waals surface area contributed by atoms with E-state index in [9.17, 15) is 24.0 Å². The number of carbonyl (C=O) groups excluding carboxylic acids is 5. The second-order valence-corrected chi connectivity index (χ2v) is 12.4. The van der Waals surface area contributed by atoms with E-state index in [4.69, 9.17) is 28.4 Å². The van der Waals surface area contributed by atoms with Crippen molar-refractivity contribution in [3.05, 3.63) is 23.3 Å². The maximum atomic E-state index is 13.2. The third kappa shape index (κ3) is 5.72. The van der Waals surface area contributed by atoms with Crippen LogP contribution in [0.2, 0.25) is 0 Å². The van der Waals surface area contributed by atoms with Crippen LogP contribution in [0.1, 0.15) is 74.1 Å². The summed E-state index contributed by atoms with van der Waals surface area (Å²) in [5, 5.41) is 0. The molecular weight excluding hydrogens is 548 g/mol. The van der Waals surface area contributed by atoms with Crippen LogP contribution in [0.15, 0.2) is 23.3 Å².